The molecule has 0 radical (unpaired) electrons. The van der Waals surface area contributed by atoms with Crippen molar-refractivity contribution in [1.82, 2.24) is 4.90 Å². The zero-order valence-corrected chi connectivity index (χ0v) is 20.0. The maximum Gasteiger partial charge on any atom is 0.119 e. The van der Waals surface area contributed by atoms with Gasteiger partial charge in [0.05, 0.1) is 25.4 Å². The SMILES string of the molecule is COc1ccc2cc(C3(O)CCC(OCc4ccccc4)CC3CN(C)C)ccc2c1.Cl. The van der Waals surface area contributed by atoms with E-state index in [1.165, 1.54) is 5.56 Å². The quantitative estimate of drug-likeness (QED) is 0.517. The van der Waals surface area contributed by atoms with Gasteiger partial charge in [-0.05, 0) is 73.5 Å². The van der Waals surface area contributed by atoms with Crippen LogP contribution in [0.25, 0.3) is 10.8 Å². The Hall–Kier alpha value is -2.11. The molecule has 0 bridgehead atoms. The van der Waals surface area contributed by atoms with Gasteiger partial charge in [0.1, 0.15) is 5.75 Å². The van der Waals surface area contributed by atoms with Crippen molar-refractivity contribution in [3.05, 3.63) is 77.9 Å². The van der Waals surface area contributed by atoms with Crippen molar-refractivity contribution in [2.75, 3.05) is 27.7 Å². The van der Waals surface area contributed by atoms with Gasteiger partial charge < -0.3 is 19.5 Å². The van der Waals surface area contributed by atoms with Crippen LogP contribution in [-0.2, 0) is 16.9 Å². The van der Waals surface area contributed by atoms with E-state index >= 15 is 0 Å². The first-order valence-electron chi connectivity index (χ1n) is 11.1. The van der Waals surface area contributed by atoms with Crippen LogP contribution in [0.3, 0.4) is 0 Å². The number of fused-ring (bicyclic) bond motifs is 1. The van der Waals surface area contributed by atoms with Gasteiger partial charge in [0.2, 0.25) is 0 Å². The second-order valence-electron chi connectivity index (χ2n) is 9.00. The van der Waals surface area contributed by atoms with E-state index in [-0.39, 0.29) is 24.4 Å². The predicted octanol–water partition coefficient (Wildman–Crippen LogP) is 5.40. The van der Waals surface area contributed by atoms with E-state index in [0.29, 0.717) is 13.0 Å². The van der Waals surface area contributed by atoms with Crippen LogP contribution in [0.2, 0.25) is 0 Å². The first-order valence-corrected chi connectivity index (χ1v) is 11.1. The fraction of sp³-hybridized carbons (Fsp3) is 0.407. The molecule has 0 amide bonds. The number of methoxy groups -OCH3 is 1. The van der Waals surface area contributed by atoms with Gasteiger partial charge in [-0.3, -0.25) is 0 Å². The minimum Gasteiger partial charge on any atom is -0.497 e. The molecule has 3 aromatic carbocycles. The van der Waals surface area contributed by atoms with Gasteiger partial charge in [0.15, 0.2) is 0 Å². The number of ether oxygens (including phenoxy) is 2. The van der Waals surface area contributed by atoms with Crippen molar-refractivity contribution < 1.29 is 14.6 Å². The van der Waals surface area contributed by atoms with E-state index in [1.807, 2.05) is 30.3 Å². The van der Waals surface area contributed by atoms with E-state index in [9.17, 15) is 5.11 Å². The van der Waals surface area contributed by atoms with E-state index < -0.39 is 5.60 Å². The molecular formula is C27H34ClNO3. The number of nitrogens with zero attached hydrogens (tertiary/aromatic N) is 1. The molecule has 1 saturated carbocycles. The summed E-state index contributed by atoms with van der Waals surface area (Å²) in [5.41, 5.74) is 1.33. The Balaban J connectivity index is 0.00000289. The van der Waals surface area contributed by atoms with Crippen molar-refractivity contribution in [3.8, 4) is 5.75 Å². The minimum atomic E-state index is -0.856. The second-order valence-corrected chi connectivity index (χ2v) is 9.00. The van der Waals surface area contributed by atoms with E-state index in [0.717, 1.165) is 41.5 Å². The summed E-state index contributed by atoms with van der Waals surface area (Å²) >= 11 is 0. The third-order valence-corrected chi connectivity index (χ3v) is 6.53. The van der Waals surface area contributed by atoms with Gasteiger partial charge in [0.25, 0.3) is 0 Å². The van der Waals surface area contributed by atoms with Gasteiger partial charge >= 0.3 is 0 Å². The lowest BCUT2D eigenvalue weighted by atomic mass is 9.70. The maximum atomic E-state index is 11.9. The molecule has 4 nitrogen and oxygen atoms in total. The Morgan fingerprint density at radius 1 is 1.00 bits per heavy atom. The van der Waals surface area contributed by atoms with Crippen LogP contribution in [0.1, 0.15) is 30.4 Å². The monoisotopic (exact) mass is 455 g/mol. The van der Waals surface area contributed by atoms with Gasteiger partial charge in [-0.1, -0.05) is 48.5 Å². The van der Waals surface area contributed by atoms with Crippen molar-refractivity contribution in [3.63, 3.8) is 0 Å². The average molecular weight is 456 g/mol. The van der Waals surface area contributed by atoms with E-state index in [1.54, 1.807) is 7.11 Å². The Kier molecular flexibility index (Phi) is 8.18. The van der Waals surface area contributed by atoms with Crippen LogP contribution in [-0.4, -0.2) is 43.9 Å². The molecule has 0 aliphatic heterocycles. The summed E-state index contributed by atoms with van der Waals surface area (Å²) in [6.45, 7) is 1.44. The second kappa shape index (κ2) is 10.7. The summed E-state index contributed by atoms with van der Waals surface area (Å²) in [6.07, 6.45) is 2.57. The largest absolute Gasteiger partial charge is 0.497 e. The van der Waals surface area contributed by atoms with Crippen LogP contribution in [0.15, 0.2) is 66.7 Å². The summed E-state index contributed by atoms with van der Waals surface area (Å²) in [4.78, 5) is 2.17. The Morgan fingerprint density at radius 3 is 2.44 bits per heavy atom. The van der Waals surface area contributed by atoms with Crippen molar-refractivity contribution in [1.29, 1.82) is 0 Å². The zero-order chi connectivity index (χ0) is 21.8. The predicted molar refractivity (Wildman–Crippen MR) is 133 cm³/mol. The van der Waals surface area contributed by atoms with Crippen LogP contribution >= 0.6 is 12.4 Å². The fourth-order valence-corrected chi connectivity index (χ4v) is 4.82. The van der Waals surface area contributed by atoms with Gasteiger partial charge in [-0.15, -0.1) is 12.4 Å². The van der Waals surface area contributed by atoms with Crippen molar-refractivity contribution >= 4 is 23.2 Å². The normalized spacial score (nSPS) is 23.2. The van der Waals surface area contributed by atoms with Crippen LogP contribution in [0.5, 0.6) is 5.75 Å². The molecule has 3 atom stereocenters. The molecule has 0 spiro atoms. The third-order valence-electron chi connectivity index (χ3n) is 6.53. The molecule has 32 heavy (non-hydrogen) atoms. The molecule has 1 fully saturated rings. The Bertz CT molecular complexity index is 1010. The first-order chi connectivity index (χ1) is 15.0. The molecule has 1 aliphatic carbocycles. The number of hydrogen-bond donors (Lipinski definition) is 1. The minimum absolute atomic E-state index is 0. The highest BCUT2D eigenvalue weighted by atomic mass is 35.5. The van der Waals surface area contributed by atoms with Crippen molar-refractivity contribution in [2.45, 2.75) is 37.6 Å². The van der Waals surface area contributed by atoms with E-state index in [2.05, 4.69) is 55.4 Å². The molecule has 172 valence electrons. The van der Waals surface area contributed by atoms with Crippen LogP contribution in [0, 0.1) is 5.92 Å². The highest BCUT2D eigenvalue weighted by Crippen LogP contribution is 2.44. The molecule has 0 aromatic heterocycles. The standard InChI is InChI=1S/C27H33NO3.ClH/c1-28(2)18-24-17-26(31-19-20-7-5-4-6-8-20)13-14-27(24,29)23-11-9-22-16-25(30-3)12-10-21(22)15-23;/h4-12,15-16,24,26,29H,13-14,17-19H2,1-3H3;1H. The summed E-state index contributed by atoms with van der Waals surface area (Å²) in [6, 6.07) is 22.7. The fourth-order valence-electron chi connectivity index (χ4n) is 4.82. The summed E-state index contributed by atoms with van der Waals surface area (Å²) < 4.78 is 11.6. The molecule has 1 aliphatic rings. The lowest BCUT2D eigenvalue weighted by Crippen LogP contribution is -2.46. The zero-order valence-electron chi connectivity index (χ0n) is 19.2. The summed E-state index contributed by atoms with van der Waals surface area (Å²) in [5.74, 6) is 0.952. The number of rotatable bonds is 7. The number of benzene rings is 3. The van der Waals surface area contributed by atoms with Crippen LogP contribution < -0.4 is 4.74 Å². The molecule has 0 heterocycles. The molecular weight excluding hydrogens is 422 g/mol. The molecule has 0 saturated heterocycles. The topological polar surface area (TPSA) is 41.9 Å². The maximum absolute atomic E-state index is 11.9. The summed E-state index contributed by atoms with van der Waals surface area (Å²) in [5, 5.41) is 14.2. The van der Waals surface area contributed by atoms with Crippen molar-refractivity contribution in [2.24, 2.45) is 5.92 Å². The molecule has 3 aromatic rings. The number of aliphatic hydroxyl groups is 1. The Morgan fingerprint density at radius 2 is 1.72 bits per heavy atom. The van der Waals surface area contributed by atoms with Gasteiger partial charge in [-0.25, -0.2) is 0 Å². The molecule has 1 N–H and O–H groups in total. The Labute approximate surface area is 197 Å². The lowest BCUT2D eigenvalue weighted by molar-refractivity contribution is -0.110. The molecule has 4 rings (SSSR count). The number of hydrogen-bond acceptors (Lipinski definition) is 4. The molecule has 3 unspecified atom stereocenters. The highest BCUT2D eigenvalue weighted by molar-refractivity contribution is 5.85. The smallest absolute Gasteiger partial charge is 0.119 e. The molecule has 5 heteroatoms. The first kappa shape index (κ1) is 24.5. The van der Waals surface area contributed by atoms with Gasteiger partial charge in [-0.2, -0.15) is 0 Å². The third kappa shape index (κ3) is 5.44. The van der Waals surface area contributed by atoms with Gasteiger partial charge in [0, 0.05) is 12.5 Å². The number of halogens is 1. The average Bonchev–Trinajstić information content (AvgIpc) is 2.79. The lowest BCUT2D eigenvalue weighted by Gasteiger charge is -2.44. The van der Waals surface area contributed by atoms with Crippen LogP contribution in [0.4, 0.5) is 0 Å². The highest BCUT2D eigenvalue weighted by Gasteiger charge is 2.43. The summed E-state index contributed by atoms with van der Waals surface area (Å²) in [7, 11) is 5.82. The van der Waals surface area contributed by atoms with E-state index in [4.69, 9.17) is 9.47 Å².